The molecule has 0 heterocycles. The number of hydrogen-bond acceptors (Lipinski definition) is 6. The molecule has 2 N–H and O–H groups in total. The lowest BCUT2D eigenvalue weighted by molar-refractivity contribution is -0.384. The van der Waals surface area contributed by atoms with Crippen molar-refractivity contribution in [2.24, 2.45) is 0 Å². The van der Waals surface area contributed by atoms with E-state index >= 15 is 0 Å². The molecule has 2 aromatic rings. The van der Waals surface area contributed by atoms with Crippen LogP contribution in [0.3, 0.4) is 0 Å². The second-order valence-corrected chi connectivity index (χ2v) is 5.66. The zero-order chi connectivity index (χ0) is 18.4. The van der Waals surface area contributed by atoms with Gasteiger partial charge in [-0.1, -0.05) is 6.07 Å². The lowest BCUT2D eigenvalue weighted by Gasteiger charge is -2.10. The molecule has 130 valence electrons. The molecular formula is C16H15N3O5S. The number of carbonyl (C=O) groups is 2. The number of anilines is 2. The second kappa shape index (κ2) is 8.15. The third-order valence-electron chi connectivity index (χ3n) is 3.18. The van der Waals surface area contributed by atoms with E-state index in [9.17, 15) is 19.7 Å². The fourth-order valence-corrected chi connectivity index (χ4v) is 2.42. The van der Waals surface area contributed by atoms with Gasteiger partial charge in [-0.05, 0) is 30.5 Å². The summed E-state index contributed by atoms with van der Waals surface area (Å²) in [6.07, 6.45) is 1.90. The molecule has 8 nitrogen and oxygen atoms in total. The molecule has 0 radical (unpaired) electrons. The van der Waals surface area contributed by atoms with Crippen molar-refractivity contribution in [3.05, 3.63) is 52.6 Å². The van der Waals surface area contributed by atoms with Crippen molar-refractivity contribution in [2.45, 2.75) is 4.90 Å². The van der Waals surface area contributed by atoms with Crippen LogP contribution >= 0.6 is 11.8 Å². The summed E-state index contributed by atoms with van der Waals surface area (Å²) in [5.74, 6) is -1.69. The number of hydrogen-bond donors (Lipinski definition) is 2. The summed E-state index contributed by atoms with van der Waals surface area (Å²) in [4.78, 5) is 35.2. The van der Waals surface area contributed by atoms with Crippen LogP contribution in [0.5, 0.6) is 5.75 Å². The lowest BCUT2D eigenvalue weighted by atomic mass is 10.2. The van der Waals surface area contributed by atoms with E-state index in [1.165, 1.54) is 31.0 Å². The number of amides is 2. The second-order valence-electron chi connectivity index (χ2n) is 4.78. The van der Waals surface area contributed by atoms with Crippen molar-refractivity contribution in [3.63, 3.8) is 0 Å². The van der Waals surface area contributed by atoms with Gasteiger partial charge in [0.25, 0.3) is 5.69 Å². The number of nitrogens with zero attached hydrogens (tertiary/aromatic N) is 1. The summed E-state index contributed by atoms with van der Waals surface area (Å²) in [6, 6.07) is 10.7. The molecule has 0 atom stereocenters. The van der Waals surface area contributed by atoms with Crippen molar-refractivity contribution in [3.8, 4) is 5.75 Å². The van der Waals surface area contributed by atoms with Gasteiger partial charge in [-0.15, -0.1) is 11.8 Å². The number of rotatable bonds is 5. The average molecular weight is 361 g/mol. The van der Waals surface area contributed by atoms with Crippen LogP contribution in [-0.2, 0) is 9.59 Å². The quantitative estimate of drug-likeness (QED) is 0.367. The molecule has 2 amide bonds. The topological polar surface area (TPSA) is 111 Å². The number of methoxy groups -OCH3 is 1. The molecule has 2 aromatic carbocycles. The number of non-ortho nitro benzene ring substituents is 1. The molecule has 0 aliphatic heterocycles. The summed E-state index contributed by atoms with van der Waals surface area (Å²) in [5, 5.41) is 15.6. The SMILES string of the molecule is COc1cc([N+](=O)[O-])ccc1NC(=O)C(=O)Nc1cccc(SC)c1. The molecule has 25 heavy (non-hydrogen) atoms. The third-order valence-corrected chi connectivity index (χ3v) is 3.90. The van der Waals surface area contributed by atoms with Crippen molar-refractivity contribution in [1.82, 2.24) is 0 Å². The molecule has 0 aromatic heterocycles. The van der Waals surface area contributed by atoms with Gasteiger partial charge in [0.05, 0.1) is 23.8 Å². The van der Waals surface area contributed by atoms with Gasteiger partial charge in [0.15, 0.2) is 0 Å². The number of carbonyl (C=O) groups excluding carboxylic acids is 2. The van der Waals surface area contributed by atoms with Crippen LogP contribution < -0.4 is 15.4 Å². The largest absolute Gasteiger partial charge is 0.494 e. The zero-order valence-electron chi connectivity index (χ0n) is 13.4. The number of nitro benzene ring substituents is 1. The normalized spacial score (nSPS) is 10.0. The first kappa shape index (κ1) is 18.3. The molecule has 0 saturated heterocycles. The monoisotopic (exact) mass is 361 g/mol. The molecule has 0 aliphatic rings. The standard InChI is InChI=1S/C16H15N3O5S/c1-24-14-9-11(19(22)23)6-7-13(14)18-16(21)15(20)17-10-4-3-5-12(8-10)25-2/h3-9H,1-2H3,(H,17,20)(H,18,21). The van der Waals surface area contributed by atoms with Crippen LogP contribution in [-0.4, -0.2) is 30.1 Å². The van der Waals surface area contributed by atoms with E-state index in [1.807, 2.05) is 12.3 Å². The first-order valence-corrected chi connectivity index (χ1v) is 8.26. The van der Waals surface area contributed by atoms with E-state index < -0.39 is 16.7 Å². The van der Waals surface area contributed by atoms with E-state index in [-0.39, 0.29) is 17.1 Å². The Bertz CT molecular complexity index is 825. The van der Waals surface area contributed by atoms with Crippen LogP contribution in [0.4, 0.5) is 17.1 Å². The maximum atomic E-state index is 12.0. The minimum atomic E-state index is -0.915. The molecule has 0 unspecified atom stereocenters. The maximum Gasteiger partial charge on any atom is 0.314 e. The van der Waals surface area contributed by atoms with Gasteiger partial charge in [-0.2, -0.15) is 0 Å². The molecule has 0 bridgehead atoms. The highest BCUT2D eigenvalue weighted by molar-refractivity contribution is 7.98. The van der Waals surface area contributed by atoms with Gasteiger partial charge in [0.2, 0.25) is 0 Å². The number of ether oxygens (including phenoxy) is 1. The van der Waals surface area contributed by atoms with Crippen LogP contribution in [0, 0.1) is 10.1 Å². The van der Waals surface area contributed by atoms with E-state index in [1.54, 1.807) is 18.2 Å². The number of benzene rings is 2. The van der Waals surface area contributed by atoms with Crippen LogP contribution in [0.2, 0.25) is 0 Å². The fraction of sp³-hybridized carbons (Fsp3) is 0.125. The summed E-state index contributed by atoms with van der Waals surface area (Å²) in [6.45, 7) is 0. The van der Waals surface area contributed by atoms with Crippen LogP contribution in [0.1, 0.15) is 0 Å². The first-order chi connectivity index (χ1) is 11.9. The molecule has 9 heteroatoms. The summed E-state index contributed by atoms with van der Waals surface area (Å²) >= 11 is 1.51. The van der Waals surface area contributed by atoms with Crippen molar-refractivity contribution in [2.75, 3.05) is 24.0 Å². The van der Waals surface area contributed by atoms with Crippen molar-refractivity contribution < 1.29 is 19.2 Å². The van der Waals surface area contributed by atoms with Gasteiger partial charge in [-0.25, -0.2) is 0 Å². The van der Waals surface area contributed by atoms with Crippen LogP contribution in [0.25, 0.3) is 0 Å². The highest BCUT2D eigenvalue weighted by Crippen LogP contribution is 2.29. The molecule has 2 rings (SSSR count). The van der Waals surface area contributed by atoms with Crippen molar-refractivity contribution in [1.29, 1.82) is 0 Å². The molecule has 0 aliphatic carbocycles. The summed E-state index contributed by atoms with van der Waals surface area (Å²) in [7, 11) is 1.31. The minimum Gasteiger partial charge on any atom is -0.494 e. The van der Waals surface area contributed by atoms with E-state index in [0.717, 1.165) is 11.0 Å². The Kier molecular flexibility index (Phi) is 5.96. The van der Waals surface area contributed by atoms with Gasteiger partial charge < -0.3 is 15.4 Å². The molecule has 0 spiro atoms. The number of nitro groups is 1. The van der Waals surface area contributed by atoms with E-state index in [4.69, 9.17) is 4.74 Å². The van der Waals surface area contributed by atoms with Gasteiger partial charge in [0.1, 0.15) is 5.75 Å². The van der Waals surface area contributed by atoms with E-state index in [0.29, 0.717) is 5.69 Å². The van der Waals surface area contributed by atoms with Gasteiger partial charge in [-0.3, -0.25) is 19.7 Å². The Morgan fingerprint density at radius 3 is 2.48 bits per heavy atom. The Morgan fingerprint density at radius 2 is 1.84 bits per heavy atom. The van der Waals surface area contributed by atoms with Gasteiger partial charge in [0, 0.05) is 16.6 Å². The predicted octanol–water partition coefficient (Wildman–Crippen LogP) is 2.90. The third kappa shape index (κ3) is 4.70. The number of nitrogens with one attached hydrogen (secondary N) is 2. The number of thioether (sulfide) groups is 1. The maximum absolute atomic E-state index is 12.0. The average Bonchev–Trinajstić information content (AvgIpc) is 2.61. The predicted molar refractivity (Wildman–Crippen MR) is 95.1 cm³/mol. The van der Waals surface area contributed by atoms with Crippen LogP contribution in [0.15, 0.2) is 47.4 Å². The summed E-state index contributed by atoms with van der Waals surface area (Å²) < 4.78 is 5.01. The summed E-state index contributed by atoms with van der Waals surface area (Å²) in [5.41, 5.74) is 0.460. The molecular weight excluding hydrogens is 346 g/mol. The highest BCUT2D eigenvalue weighted by atomic mass is 32.2. The Balaban J connectivity index is 2.10. The first-order valence-electron chi connectivity index (χ1n) is 7.03. The smallest absolute Gasteiger partial charge is 0.314 e. The van der Waals surface area contributed by atoms with E-state index in [2.05, 4.69) is 10.6 Å². The lowest BCUT2D eigenvalue weighted by Crippen LogP contribution is -2.29. The Hall–Kier alpha value is -3.07. The Labute approximate surface area is 147 Å². The molecule has 0 fully saturated rings. The molecule has 0 saturated carbocycles. The Morgan fingerprint density at radius 1 is 1.12 bits per heavy atom. The van der Waals surface area contributed by atoms with Crippen molar-refractivity contribution >= 4 is 40.6 Å². The fourth-order valence-electron chi connectivity index (χ4n) is 1.96. The zero-order valence-corrected chi connectivity index (χ0v) is 14.3. The minimum absolute atomic E-state index is 0.0831. The van der Waals surface area contributed by atoms with Gasteiger partial charge >= 0.3 is 11.8 Å². The highest BCUT2D eigenvalue weighted by Gasteiger charge is 2.18.